The van der Waals surface area contributed by atoms with E-state index < -0.39 is 17.7 Å². The van der Waals surface area contributed by atoms with Crippen molar-refractivity contribution in [3.8, 4) is 11.5 Å². The molecular formula is C25H25Cl2NO6. The van der Waals surface area contributed by atoms with E-state index in [0.717, 1.165) is 12.8 Å². The number of amides is 1. The van der Waals surface area contributed by atoms with Crippen molar-refractivity contribution in [1.82, 2.24) is 4.90 Å². The third-order valence-corrected chi connectivity index (χ3v) is 6.51. The number of nitrogens with zero attached hydrogens (tertiary/aromatic N) is 1. The minimum atomic E-state index is -0.806. The van der Waals surface area contributed by atoms with E-state index in [0.29, 0.717) is 24.5 Å². The zero-order chi connectivity index (χ0) is 24.4. The van der Waals surface area contributed by atoms with Gasteiger partial charge in [-0.05, 0) is 49.6 Å². The molecule has 2 aliphatic heterocycles. The van der Waals surface area contributed by atoms with Gasteiger partial charge in [0.2, 0.25) is 0 Å². The lowest BCUT2D eigenvalue weighted by molar-refractivity contribution is -0.140. The van der Waals surface area contributed by atoms with Gasteiger partial charge in [-0.25, -0.2) is 0 Å². The summed E-state index contributed by atoms with van der Waals surface area (Å²) in [5, 5.41) is 11.6. The van der Waals surface area contributed by atoms with Crippen LogP contribution in [-0.4, -0.2) is 54.7 Å². The fourth-order valence-electron chi connectivity index (χ4n) is 4.38. The van der Waals surface area contributed by atoms with Crippen LogP contribution in [0.2, 0.25) is 10.0 Å². The Kier molecular flexibility index (Phi) is 7.36. The average Bonchev–Trinajstić information content (AvgIpc) is 3.42. The highest BCUT2D eigenvalue weighted by atomic mass is 35.5. The highest BCUT2D eigenvalue weighted by molar-refractivity contribution is 6.46. The van der Waals surface area contributed by atoms with Crippen molar-refractivity contribution in [2.75, 3.05) is 26.9 Å². The smallest absolute Gasteiger partial charge is 0.295 e. The number of aliphatic hydroxyl groups excluding tert-OH is 1. The summed E-state index contributed by atoms with van der Waals surface area (Å²) in [7, 11) is 1.43. The predicted molar refractivity (Wildman–Crippen MR) is 129 cm³/mol. The Hall–Kier alpha value is -2.74. The number of hydrogen-bond donors (Lipinski definition) is 1. The van der Waals surface area contributed by atoms with Gasteiger partial charge in [0.25, 0.3) is 11.7 Å². The van der Waals surface area contributed by atoms with E-state index >= 15 is 0 Å². The Labute approximate surface area is 207 Å². The summed E-state index contributed by atoms with van der Waals surface area (Å²) in [4.78, 5) is 27.8. The molecule has 2 aromatic rings. The average molecular weight is 506 g/mol. The van der Waals surface area contributed by atoms with Crippen LogP contribution in [0.15, 0.2) is 42.0 Å². The van der Waals surface area contributed by atoms with Gasteiger partial charge in [-0.2, -0.15) is 0 Å². The van der Waals surface area contributed by atoms with Gasteiger partial charge in [0.15, 0.2) is 5.75 Å². The molecule has 1 amide bonds. The number of ketones is 1. The van der Waals surface area contributed by atoms with Crippen LogP contribution in [0.1, 0.15) is 36.9 Å². The lowest BCUT2D eigenvalue weighted by Crippen LogP contribution is -2.36. The van der Waals surface area contributed by atoms with Crippen molar-refractivity contribution in [3.05, 3.63) is 63.1 Å². The Bertz CT molecular complexity index is 1100. The first-order valence-electron chi connectivity index (χ1n) is 11.0. The van der Waals surface area contributed by atoms with E-state index in [-0.39, 0.29) is 45.3 Å². The quantitative estimate of drug-likeness (QED) is 0.323. The number of rotatable bonds is 7. The molecule has 34 heavy (non-hydrogen) atoms. The molecule has 0 spiro atoms. The number of aliphatic hydroxyl groups is 1. The molecule has 180 valence electrons. The van der Waals surface area contributed by atoms with Crippen molar-refractivity contribution in [2.24, 2.45) is 0 Å². The lowest BCUT2D eigenvalue weighted by atomic mass is 9.95. The van der Waals surface area contributed by atoms with Crippen molar-refractivity contribution >= 4 is 40.7 Å². The van der Waals surface area contributed by atoms with Crippen LogP contribution in [0.3, 0.4) is 0 Å². The number of hydrogen-bond acceptors (Lipinski definition) is 6. The maximum absolute atomic E-state index is 13.2. The molecule has 9 heteroatoms. The minimum Gasteiger partial charge on any atom is -0.507 e. The van der Waals surface area contributed by atoms with Gasteiger partial charge < -0.3 is 24.2 Å². The van der Waals surface area contributed by atoms with E-state index in [4.69, 9.17) is 37.4 Å². The summed E-state index contributed by atoms with van der Waals surface area (Å²) in [5.41, 5.74) is 0.833. The lowest BCUT2D eigenvalue weighted by Gasteiger charge is -2.27. The monoisotopic (exact) mass is 505 g/mol. The number of carbonyl (C=O) groups excluding carboxylic acids is 2. The highest BCUT2D eigenvalue weighted by Crippen LogP contribution is 2.42. The number of ether oxygens (including phenoxy) is 3. The second-order valence-corrected chi connectivity index (χ2v) is 8.88. The first kappa shape index (κ1) is 24.4. The molecule has 4 rings (SSSR count). The van der Waals surface area contributed by atoms with Crippen molar-refractivity contribution < 1.29 is 28.9 Å². The number of benzene rings is 2. The SMILES string of the molecule is CCOc1ccc(C2/C(=C(\O)c3cc(Cl)c(OC)c(Cl)c3)C(=O)C(=O)N2CC2CCCO2)cc1. The van der Waals surface area contributed by atoms with E-state index in [1.807, 2.05) is 6.92 Å². The van der Waals surface area contributed by atoms with Gasteiger partial charge in [0.05, 0.1) is 41.5 Å². The van der Waals surface area contributed by atoms with Crippen molar-refractivity contribution in [3.63, 3.8) is 0 Å². The topological polar surface area (TPSA) is 85.3 Å². The molecule has 2 saturated heterocycles. The van der Waals surface area contributed by atoms with E-state index in [9.17, 15) is 14.7 Å². The third-order valence-electron chi connectivity index (χ3n) is 5.95. The summed E-state index contributed by atoms with van der Waals surface area (Å²) >= 11 is 12.5. The predicted octanol–water partition coefficient (Wildman–Crippen LogP) is 5.00. The molecule has 0 bridgehead atoms. The normalized spacial score (nSPS) is 21.8. The first-order valence-corrected chi connectivity index (χ1v) is 11.8. The zero-order valence-electron chi connectivity index (χ0n) is 18.8. The maximum atomic E-state index is 13.2. The molecule has 0 aromatic heterocycles. The van der Waals surface area contributed by atoms with Gasteiger partial charge in [0, 0.05) is 18.7 Å². The van der Waals surface area contributed by atoms with Gasteiger partial charge in [-0.1, -0.05) is 35.3 Å². The molecule has 2 unspecified atom stereocenters. The molecule has 0 aliphatic carbocycles. The summed E-state index contributed by atoms with van der Waals surface area (Å²) in [6, 6.07) is 9.20. The Morgan fingerprint density at radius 1 is 1.18 bits per heavy atom. The van der Waals surface area contributed by atoms with Crippen LogP contribution < -0.4 is 9.47 Å². The fourth-order valence-corrected chi connectivity index (χ4v) is 5.02. The van der Waals surface area contributed by atoms with Gasteiger partial charge >= 0.3 is 0 Å². The molecule has 2 fully saturated rings. The maximum Gasteiger partial charge on any atom is 0.295 e. The first-order chi connectivity index (χ1) is 16.3. The zero-order valence-corrected chi connectivity index (χ0v) is 20.4. The van der Waals surface area contributed by atoms with Crippen molar-refractivity contribution in [2.45, 2.75) is 31.9 Å². The molecule has 0 saturated carbocycles. The summed E-state index contributed by atoms with van der Waals surface area (Å²) in [6.07, 6.45) is 1.52. The second kappa shape index (κ2) is 10.3. The third kappa shape index (κ3) is 4.60. The van der Waals surface area contributed by atoms with Crippen LogP contribution in [0.25, 0.3) is 5.76 Å². The number of likely N-dealkylation sites (tertiary alicyclic amines) is 1. The number of Topliss-reactive ketones (excluding diaryl/α,β-unsaturated/α-hetero) is 1. The summed E-state index contributed by atoms with van der Waals surface area (Å²) in [5.74, 6) is -0.921. The molecule has 7 nitrogen and oxygen atoms in total. The minimum absolute atomic E-state index is 0.0375. The van der Waals surface area contributed by atoms with E-state index in [1.54, 1.807) is 24.3 Å². The van der Waals surface area contributed by atoms with Gasteiger partial charge in [0.1, 0.15) is 11.5 Å². The van der Waals surface area contributed by atoms with Gasteiger partial charge in [-0.15, -0.1) is 0 Å². The van der Waals surface area contributed by atoms with Crippen LogP contribution in [-0.2, 0) is 14.3 Å². The van der Waals surface area contributed by atoms with Crippen LogP contribution in [0.4, 0.5) is 0 Å². The molecule has 1 N–H and O–H groups in total. The van der Waals surface area contributed by atoms with Crippen molar-refractivity contribution in [1.29, 1.82) is 0 Å². The molecule has 2 aromatic carbocycles. The highest BCUT2D eigenvalue weighted by Gasteiger charge is 2.47. The van der Waals surface area contributed by atoms with Crippen LogP contribution in [0, 0.1) is 0 Å². The largest absolute Gasteiger partial charge is 0.507 e. The standard InChI is InChI=1S/C25H25Cl2NO6/c1-3-33-16-8-6-14(7-9-16)21-20(22(29)15-11-18(26)24(32-2)19(27)12-15)23(30)25(31)28(21)13-17-5-4-10-34-17/h6-9,11-12,17,21,29H,3-5,10,13H2,1-2H3/b22-20+. The van der Waals surface area contributed by atoms with E-state index in [2.05, 4.69) is 0 Å². The second-order valence-electron chi connectivity index (χ2n) is 8.06. The number of methoxy groups -OCH3 is 1. The van der Waals surface area contributed by atoms with Gasteiger partial charge in [-0.3, -0.25) is 9.59 Å². The Morgan fingerprint density at radius 3 is 2.41 bits per heavy atom. The Morgan fingerprint density at radius 2 is 1.85 bits per heavy atom. The Balaban J connectivity index is 1.82. The van der Waals surface area contributed by atoms with Crippen LogP contribution in [0.5, 0.6) is 11.5 Å². The molecule has 2 atom stereocenters. The summed E-state index contributed by atoms with van der Waals surface area (Å²) in [6.45, 7) is 3.25. The van der Waals surface area contributed by atoms with E-state index in [1.165, 1.54) is 24.1 Å². The number of carbonyl (C=O) groups is 2. The molecular weight excluding hydrogens is 481 g/mol. The fraction of sp³-hybridized carbons (Fsp3) is 0.360. The molecule has 0 radical (unpaired) electrons. The molecule has 2 heterocycles. The number of halogens is 2. The molecule has 2 aliphatic rings. The van der Waals surface area contributed by atoms with Crippen LogP contribution >= 0.6 is 23.2 Å². The summed E-state index contributed by atoms with van der Waals surface area (Å²) < 4.78 is 16.4.